The van der Waals surface area contributed by atoms with E-state index in [2.05, 4.69) is 15.3 Å². The quantitative estimate of drug-likeness (QED) is 0.801. The highest BCUT2D eigenvalue weighted by molar-refractivity contribution is 7.90. The normalized spacial score (nSPS) is 11.7. The Balaban J connectivity index is 2.22. The second-order valence-electron chi connectivity index (χ2n) is 4.64. The Labute approximate surface area is 122 Å². The maximum atomic E-state index is 12.7. The third kappa shape index (κ3) is 2.15. The Morgan fingerprint density at radius 1 is 1.10 bits per heavy atom. The standard InChI is InChI=1S/C14H14N4O2S/c1-10-3-5-11(6-4-10)21(19,20)18-8-7-12-13(15-2)16-9-17-14(12)18/h3-9H,1-2H3,(H,15,16,17). The van der Waals surface area contributed by atoms with E-state index in [1.54, 1.807) is 37.4 Å². The van der Waals surface area contributed by atoms with Gasteiger partial charge in [-0.25, -0.2) is 22.4 Å². The molecule has 0 unspecified atom stereocenters. The Kier molecular flexibility index (Phi) is 3.13. The molecular formula is C14H14N4O2S. The van der Waals surface area contributed by atoms with Crippen molar-refractivity contribution in [2.24, 2.45) is 0 Å². The molecular weight excluding hydrogens is 288 g/mol. The molecule has 3 aromatic rings. The Hall–Kier alpha value is -2.41. The van der Waals surface area contributed by atoms with Crippen LogP contribution in [0, 0.1) is 6.92 Å². The smallest absolute Gasteiger partial charge is 0.269 e. The summed E-state index contributed by atoms with van der Waals surface area (Å²) >= 11 is 0. The highest BCUT2D eigenvalue weighted by atomic mass is 32.2. The molecule has 0 radical (unpaired) electrons. The maximum absolute atomic E-state index is 12.7. The van der Waals surface area contributed by atoms with Gasteiger partial charge in [0, 0.05) is 13.2 Å². The molecule has 0 amide bonds. The minimum absolute atomic E-state index is 0.232. The van der Waals surface area contributed by atoms with E-state index >= 15 is 0 Å². The average molecular weight is 302 g/mol. The van der Waals surface area contributed by atoms with Gasteiger partial charge in [0.15, 0.2) is 5.65 Å². The second kappa shape index (κ2) is 4.85. The molecule has 3 rings (SSSR count). The number of fused-ring (bicyclic) bond motifs is 1. The van der Waals surface area contributed by atoms with Crippen LogP contribution in [-0.4, -0.2) is 29.4 Å². The monoisotopic (exact) mass is 302 g/mol. The number of aryl methyl sites for hydroxylation is 1. The minimum atomic E-state index is -3.67. The maximum Gasteiger partial charge on any atom is 0.269 e. The number of nitrogens with zero attached hydrogens (tertiary/aromatic N) is 3. The van der Waals surface area contributed by atoms with Gasteiger partial charge in [-0.15, -0.1) is 0 Å². The van der Waals surface area contributed by atoms with Gasteiger partial charge in [0.05, 0.1) is 10.3 Å². The van der Waals surface area contributed by atoms with E-state index in [-0.39, 0.29) is 4.90 Å². The predicted octanol–water partition coefficient (Wildman–Crippen LogP) is 2.02. The van der Waals surface area contributed by atoms with E-state index < -0.39 is 10.0 Å². The Bertz CT molecular complexity index is 898. The number of hydrogen-bond donors (Lipinski definition) is 1. The topological polar surface area (TPSA) is 76.9 Å². The lowest BCUT2D eigenvalue weighted by atomic mass is 10.2. The fraction of sp³-hybridized carbons (Fsp3) is 0.143. The lowest BCUT2D eigenvalue weighted by Crippen LogP contribution is -2.12. The van der Waals surface area contributed by atoms with Crippen LogP contribution in [0.5, 0.6) is 0 Å². The Morgan fingerprint density at radius 2 is 1.81 bits per heavy atom. The molecule has 2 aromatic heterocycles. The lowest BCUT2D eigenvalue weighted by Gasteiger charge is -2.07. The minimum Gasteiger partial charge on any atom is -0.372 e. The summed E-state index contributed by atoms with van der Waals surface area (Å²) in [7, 11) is -1.94. The SMILES string of the molecule is CNc1ncnc2c1ccn2S(=O)(=O)c1ccc(C)cc1. The molecule has 0 fully saturated rings. The molecule has 6 nitrogen and oxygen atoms in total. The van der Waals surface area contributed by atoms with Crippen molar-refractivity contribution in [1.29, 1.82) is 0 Å². The van der Waals surface area contributed by atoms with Gasteiger partial charge in [0.2, 0.25) is 0 Å². The molecule has 0 spiro atoms. The van der Waals surface area contributed by atoms with Crippen LogP contribution < -0.4 is 5.32 Å². The molecule has 7 heteroatoms. The van der Waals surface area contributed by atoms with Gasteiger partial charge in [-0.1, -0.05) is 17.7 Å². The summed E-state index contributed by atoms with van der Waals surface area (Å²) in [5.41, 5.74) is 1.36. The first-order valence-electron chi connectivity index (χ1n) is 6.36. The van der Waals surface area contributed by atoms with Crippen molar-refractivity contribution < 1.29 is 8.42 Å². The van der Waals surface area contributed by atoms with Gasteiger partial charge in [-0.2, -0.15) is 0 Å². The van der Waals surface area contributed by atoms with E-state index in [9.17, 15) is 8.42 Å². The van der Waals surface area contributed by atoms with Gasteiger partial charge in [0.25, 0.3) is 10.0 Å². The van der Waals surface area contributed by atoms with E-state index in [0.29, 0.717) is 16.9 Å². The predicted molar refractivity (Wildman–Crippen MR) is 80.8 cm³/mol. The molecule has 1 N–H and O–H groups in total. The van der Waals surface area contributed by atoms with E-state index in [1.165, 1.54) is 16.5 Å². The first-order chi connectivity index (χ1) is 10.0. The number of hydrogen-bond acceptors (Lipinski definition) is 5. The summed E-state index contributed by atoms with van der Waals surface area (Å²) in [6.07, 6.45) is 2.84. The van der Waals surface area contributed by atoms with E-state index in [4.69, 9.17) is 0 Å². The van der Waals surface area contributed by atoms with Crippen molar-refractivity contribution in [3.63, 3.8) is 0 Å². The van der Waals surface area contributed by atoms with Crippen LogP contribution in [0.1, 0.15) is 5.56 Å². The zero-order valence-corrected chi connectivity index (χ0v) is 12.4. The number of anilines is 1. The van der Waals surface area contributed by atoms with E-state index in [0.717, 1.165) is 5.56 Å². The van der Waals surface area contributed by atoms with Crippen LogP contribution in [0.15, 0.2) is 47.8 Å². The third-order valence-electron chi connectivity index (χ3n) is 3.26. The van der Waals surface area contributed by atoms with Crippen molar-refractivity contribution in [3.05, 3.63) is 48.4 Å². The fourth-order valence-corrected chi connectivity index (χ4v) is 3.45. The van der Waals surface area contributed by atoms with Gasteiger partial charge < -0.3 is 5.32 Å². The summed E-state index contributed by atoms with van der Waals surface area (Å²) in [5, 5.41) is 3.59. The Morgan fingerprint density at radius 3 is 2.48 bits per heavy atom. The first-order valence-corrected chi connectivity index (χ1v) is 7.80. The summed E-state index contributed by atoms with van der Waals surface area (Å²) < 4.78 is 26.6. The largest absolute Gasteiger partial charge is 0.372 e. The van der Waals surface area contributed by atoms with Crippen molar-refractivity contribution >= 4 is 26.9 Å². The molecule has 21 heavy (non-hydrogen) atoms. The molecule has 2 heterocycles. The van der Waals surface area contributed by atoms with Crippen LogP contribution >= 0.6 is 0 Å². The second-order valence-corrected chi connectivity index (χ2v) is 6.45. The van der Waals surface area contributed by atoms with Gasteiger partial charge in [0.1, 0.15) is 12.1 Å². The molecule has 0 atom stereocenters. The van der Waals surface area contributed by atoms with Crippen molar-refractivity contribution in [2.75, 3.05) is 12.4 Å². The van der Waals surface area contributed by atoms with Gasteiger partial charge in [-0.05, 0) is 25.1 Å². The molecule has 0 bridgehead atoms. The summed E-state index contributed by atoms with van der Waals surface area (Å²) in [5.74, 6) is 0.595. The highest BCUT2D eigenvalue weighted by Gasteiger charge is 2.20. The molecule has 0 aliphatic heterocycles. The molecule has 0 aliphatic carbocycles. The molecule has 0 saturated heterocycles. The van der Waals surface area contributed by atoms with E-state index in [1.807, 2.05) is 6.92 Å². The van der Waals surface area contributed by atoms with Crippen molar-refractivity contribution in [2.45, 2.75) is 11.8 Å². The molecule has 1 aromatic carbocycles. The lowest BCUT2D eigenvalue weighted by molar-refractivity contribution is 0.588. The van der Waals surface area contributed by atoms with Crippen molar-refractivity contribution in [3.8, 4) is 0 Å². The van der Waals surface area contributed by atoms with Gasteiger partial charge in [-0.3, -0.25) is 0 Å². The first kappa shape index (κ1) is 13.6. The number of aromatic nitrogens is 3. The number of rotatable bonds is 3. The molecule has 0 saturated carbocycles. The molecule has 108 valence electrons. The number of nitrogens with one attached hydrogen (secondary N) is 1. The van der Waals surface area contributed by atoms with Crippen LogP contribution in [0.25, 0.3) is 11.0 Å². The third-order valence-corrected chi connectivity index (χ3v) is 4.94. The van der Waals surface area contributed by atoms with Crippen molar-refractivity contribution in [1.82, 2.24) is 13.9 Å². The average Bonchev–Trinajstić information content (AvgIpc) is 2.92. The zero-order valence-electron chi connectivity index (χ0n) is 11.6. The molecule has 0 aliphatic rings. The zero-order chi connectivity index (χ0) is 15.0. The van der Waals surface area contributed by atoms with Crippen LogP contribution in [-0.2, 0) is 10.0 Å². The summed E-state index contributed by atoms with van der Waals surface area (Å²) in [4.78, 5) is 8.40. The van der Waals surface area contributed by atoms with Crippen LogP contribution in [0.2, 0.25) is 0 Å². The highest BCUT2D eigenvalue weighted by Crippen LogP contribution is 2.24. The van der Waals surface area contributed by atoms with Gasteiger partial charge >= 0.3 is 0 Å². The fourth-order valence-electron chi connectivity index (χ4n) is 2.15. The summed E-state index contributed by atoms with van der Waals surface area (Å²) in [6, 6.07) is 8.42. The summed E-state index contributed by atoms with van der Waals surface area (Å²) in [6.45, 7) is 1.91. The number of benzene rings is 1. The van der Waals surface area contributed by atoms with Crippen LogP contribution in [0.4, 0.5) is 5.82 Å². The van der Waals surface area contributed by atoms with Crippen LogP contribution in [0.3, 0.4) is 0 Å².